The van der Waals surface area contributed by atoms with Crippen molar-refractivity contribution in [3.05, 3.63) is 48.0 Å². The highest BCUT2D eigenvalue weighted by molar-refractivity contribution is 5.86. The van der Waals surface area contributed by atoms with E-state index < -0.39 is 6.03 Å². The van der Waals surface area contributed by atoms with E-state index in [9.17, 15) is 4.79 Å². The second-order valence-electron chi connectivity index (χ2n) is 5.34. The second kappa shape index (κ2) is 10.5. The molecule has 0 atom stereocenters. The van der Waals surface area contributed by atoms with Gasteiger partial charge in [0.25, 0.3) is 0 Å². The van der Waals surface area contributed by atoms with Gasteiger partial charge in [0.2, 0.25) is 0 Å². The number of amides is 2. The number of rotatable bonds is 10. The molecule has 0 fully saturated rings. The first-order valence-corrected chi connectivity index (χ1v) is 8.29. The van der Waals surface area contributed by atoms with E-state index in [0.717, 1.165) is 11.5 Å². The Morgan fingerprint density at radius 3 is 2.56 bits per heavy atom. The molecule has 0 saturated carbocycles. The van der Waals surface area contributed by atoms with Crippen molar-refractivity contribution in [1.82, 2.24) is 5.43 Å². The topological polar surface area (TPSA) is 104 Å². The Morgan fingerprint density at radius 2 is 1.81 bits per heavy atom. The molecule has 2 aromatic rings. The maximum absolute atomic E-state index is 10.7. The average Bonchev–Trinajstić information content (AvgIpc) is 2.68. The van der Waals surface area contributed by atoms with Crippen LogP contribution in [0.1, 0.15) is 12.0 Å². The number of nitrogens with one attached hydrogen (secondary N) is 1. The van der Waals surface area contributed by atoms with Crippen LogP contribution in [0, 0.1) is 0 Å². The molecule has 144 valence electrons. The zero-order valence-electron chi connectivity index (χ0n) is 15.3. The normalized spacial score (nSPS) is 10.4. The summed E-state index contributed by atoms with van der Waals surface area (Å²) in [6.45, 7) is 0.892. The van der Waals surface area contributed by atoms with Gasteiger partial charge >= 0.3 is 6.03 Å². The maximum atomic E-state index is 10.7. The molecule has 2 amide bonds. The Hall–Kier alpha value is -3.42. The van der Waals surface area contributed by atoms with Crippen LogP contribution in [0.3, 0.4) is 0 Å². The van der Waals surface area contributed by atoms with Gasteiger partial charge < -0.3 is 24.7 Å². The van der Waals surface area contributed by atoms with Crippen molar-refractivity contribution < 1.29 is 23.7 Å². The van der Waals surface area contributed by atoms with E-state index in [2.05, 4.69) is 10.5 Å². The molecule has 0 aliphatic carbocycles. The highest BCUT2D eigenvalue weighted by atomic mass is 16.5. The minimum Gasteiger partial charge on any atom is -0.497 e. The summed E-state index contributed by atoms with van der Waals surface area (Å²) < 4.78 is 22.0. The molecule has 27 heavy (non-hydrogen) atoms. The lowest BCUT2D eigenvalue weighted by Gasteiger charge is -2.13. The van der Waals surface area contributed by atoms with Crippen LogP contribution >= 0.6 is 0 Å². The van der Waals surface area contributed by atoms with Crippen molar-refractivity contribution in [2.45, 2.75) is 6.42 Å². The minimum absolute atomic E-state index is 0.411. The second-order valence-corrected chi connectivity index (χ2v) is 5.34. The average molecular weight is 373 g/mol. The van der Waals surface area contributed by atoms with Crippen molar-refractivity contribution in [3.8, 4) is 23.0 Å². The molecular formula is C19H23N3O5. The van der Waals surface area contributed by atoms with Crippen LogP contribution in [-0.2, 0) is 0 Å². The molecule has 0 saturated heterocycles. The molecule has 0 unspecified atom stereocenters. The van der Waals surface area contributed by atoms with Gasteiger partial charge in [0.15, 0.2) is 11.5 Å². The summed E-state index contributed by atoms with van der Waals surface area (Å²) >= 11 is 0. The van der Waals surface area contributed by atoms with Gasteiger partial charge in [-0.3, -0.25) is 0 Å². The first-order valence-electron chi connectivity index (χ1n) is 8.29. The van der Waals surface area contributed by atoms with Gasteiger partial charge in [0.05, 0.1) is 33.6 Å². The van der Waals surface area contributed by atoms with E-state index in [1.165, 1.54) is 6.21 Å². The monoisotopic (exact) mass is 373 g/mol. The number of nitrogens with two attached hydrogens (primary N) is 1. The van der Waals surface area contributed by atoms with Gasteiger partial charge in [-0.2, -0.15) is 5.10 Å². The Bertz CT molecular complexity index is 780. The van der Waals surface area contributed by atoms with Gasteiger partial charge in [-0.25, -0.2) is 10.2 Å². The first-order chi connectivity index (χ1) is 13.1. The highest BCUT2D eigenvalue weighted by Crippen LogP contribution is 2.30. The summed E-state index contributed by atoms with van der Waals surface area (Å²) in [4.78, 5) is 10.7. The lowest BCUT2D eigenvalue weighted by atomic mass is 10.2. The third kappa shape index (κ3) is 6.43. The molecule has 0 aromatic heterocycles. The number of para-hydroxylation sites is 1. The summed E-state index contributed by atoms with van der Waals surface area (Å²) in [5.41, 5.74) is 7.78. The van der Waals surface area contributed by atoms with Crippen molar-refractivity contribution in [2.75, 3.05) is 27.4 Å². The van der Waals surface area contributed by atoms with Gasteiger partial charge in [-0.05, 0) is 24.3 Å². The van der Waals surface area contributed by atoms with Gasteiger partial charge in [0.1, 0.15) is 11.5 Å². The Labute approximate surface area is 157 Å². The number of primary amides is 1. The largest absolute Gasteiger partial charge is 0.497 e. The number of hydrogen-bond donors (Lipinski definition) is 2. The summed E-state index contributed by atoms with van der Waals surface area (Å²) in [5, 5.41) is 3.76. The zero-order chi connectivity index (χ0) is 19.5. The molecule has 8 nitrogen and oxygen atoms in total. The number of methoxy groups -OCH3 is 2. The molecule has 3 N–H and O–H groups in total. The zero-order valence-corrected chi connectivity index (χ0v) is 15.3. The van der Waals surface area contributed by atoms with Crippen LogP contribution < -0.4 is 30.1 Å². The number of hydrazone groups is 1. The first kappa shape index (κ1) is 19.9. The van der Waals surface area contributed by atoms with E-state index in [4.69, 9.17) is 24.7 Å². The molecule has 0 aliphatic rings. The molecule has 0 heterocycles. The van der Waals surface area contributed by atoms with E-state index in [1.807, 2.05) is 24.3 Å². The summed E-state index contributed by atoms with van der Waals surface area (Å²) in [6, 6.07) is 12.0. The quantitative estimate of drug-likeness (QED) is 0.378. The fourth-order valence-electron chi connectivity index (χ4n) is 2.23. The van der Waals surface area contributed by atoms with Crippen molar-refractivity contribution in [2.24, 2.45) is 10.8 Å². The van der Waals surface area contributed by atoms with E-state index in [1.54, 1.807) is 32.4 Å². The smallest absolute Gasteiger partial charge is 0.332 e. The van der Waals surface area contributed by atoms with Gasteiger partial charge in [-0.15, -0.1) is 0 Å². The van der Waals surface area contributed by atoms with Gasteiger partial charge in [0, 0.05) is 18.1 Å². The SMILES string of the molecule is COc1cccc(OCCCOc2c(/C=N/NC(N)=O)cccc2OC)c1. The summed E-state index contributed by atoms with van der Waals surface area (Å²) in [6.07, 6.45) is 2.10. The molecule has 0 aliphatic heterocycles. The summed E-state index contributed by atoms with van der Waals surface area (Å²) in [5.74, 6) is 2.56. The van der Waals surface area contributed by atoms with Crippen LogP contribution in [0.25, 0.3) is 0 Å². The molecule has 0 bridgehead atoms. The molecule has 2 rings (SSSR count). The van der Waals surface area contributed by atoms with Crippen LogP contribution in [0.15, 0.2) is 47.6 Å². The molecular weight excluding hydrogens is 350 g/mol. The maximum Gasteiger partial charge on any atom is 0.332 e. The van der Waals surface area contributed by atoms with Crippen LogP contribution in [0.4, 0.5) is 4.79 Å². The van der Waals surface area contributed by atoms with Crippen LogP contribution in [0.2, 0.25) is 0 Å². The predicted octanol–water partition coefficient (Wildman–Crippen LogP) is 2.55. The van der Waals surface area contributed by atoms with Crippen LogP contribution in [0.5, 0.6) is 23.0 Å². The van der Waals surface area contributed by atoms with Gasteiger partial charge in [-0.1, -0.05) is 12.1 Å². The van der Waals surface area contributed by atoms with Crippen molar-refractivity contribution in [3.63, 3.8) is 0 Å². The molecule has 0 radical (unpaired) electrons. The van der Waals surface area contributed by atoms with E-state index in [-0.39, 0.29) is 0 Å². The fraction of sp³-hybridized carbons (Fsp3) is 0.263. The molecule has 2 aromatic carbocycles. The highest BCUT2D eigenvalue weighted by Gasteiger charge is 2.09. The van der Waals surface area contributed by atoms with E-state index in [0.29, 0.717) is 36.7 Å². The number of carbonyl (C=O) groups excluding carboxylic acids is 1. The lowest BCUT2D eigenvalue weighted by molar-refractivity contribution is 0.239. The lowest BCUT2D eigenvalue weighted by Crippen LogP contribution is -2.24. The summed E-state index contributed by atoms with van der Waals surface area (Å²) in [7, 11) is 3.16. The van der Waals surface area contributed by atoms with E-state index >= 15 is 0 Å². The van der Waals surface area contributed by atoms with Crippen LogP contribution in [-0.4, -0.2) is 39.7 Å². The fourth-order valence-corrected chi connectivity index (χ4v) is 2.23. The molecule has 0 spiro atoms. The third-order valence-electron chi connectivity index (χ3n) is 3.45. The van der Waals surface area contributed by atoms with Crippen molar-refractivity contribution in [1.29, 1.82) is 0 Å². The number of urea groups is 1. The number of carbonyl (C=O) groups is 1. The Morgan fingerprint density at radius 1 is 1.07 bits per heavy atom. The number of nitrogens with zero attached hydrogens (tertiary/aromatic N) is 1. The Balaban J connectivity index is 1.90. The molecule has 8 heteroatoms. The standard InChI is InChI=1S/C19H23N3O5/c1-24-15-7-4-8-16(12-15)26-10-5-11-27-18-14(13-21-22-19(20)23)6-3-9-17(18)25-2/h3-4,6-9,12-13H,5,10-11H2,1-2H3,(H3,20,22,23)/b21-13+. The number of benzene rings is 2. The predicted molar refractivity (Wildman–Crippen MR) is 102 cm³/mol. The van der Waals surface area contributed by atoms with Crippen molar-refractivity contribution >= 4 is 12.2 Å². The Kier molecular flexibility index (Phi) is 7.77. The number of hydrogen-bond acceptors (Lipinski definition) is 6. The minimum atomic E-state index is -0.744. The number of ether oxygens (including phenoxy) is 4. The third-order valence-corrected chi connectivity index (χ3v) is 3.45.